The molecule has 0 aliphatic carbocycles. The van der Waals surface area contributed by atoms with Crippen molar-refractivity contribution in [3.8, 4) is 0 Å². The number of benzene rings is 1. The minimum atomic E-state index is -4.51. The molecule has 148 valence electrons. The second-order valence-electron chi connectivity index (χ2n) is 6.30. The van der Waals surface area contributed by atoms with Gasteiger partial charge >= 0.3 is 6.18 Å². The minimum absolute atomic E-state index is 0.132. The lowest BCUT2D eigenvalue weighted by atomic mass is 10.2. The smallest absolute Gasteiger partial charge is 0.376 e. The summed E-state index contributed by atoms with van der Waals surface area (Å²) in [7, 11) is 0. The topological polar surface area (TPSA) is 42.4 Å². The molecule has 1 amide bonds. The van der Waals surface area contributed by atoms with Crippen LogP contribution in [0.15, 0.2) is 34.1 Å². The van der Waals surface area contributed by atoms with Crippen molar-refractivity contribution < 1.29 is 22.7 Å². The molecule has 3 aromatic rings. The van der Waals surface area contributed by atoms with E-state index >= 15 is 0 Å². The fraction of sp³-hybridized carbons (Fsp3) is 0.333. The second-order valence-corrected chi connectivity index (χ2v) is 9.77. The molecule has 0 N–H and O–H groups in total. The van der Waals surface area contributed by atoms with E-state index in [9.17, 15) is 18.0 Å². The summed E-state index contributed by atoms with van der Waals surface area (Å²) in [5.41, 5.74) is -0.927. The maximum atomic E-state index is 13.3. The lowest BCUT2D eigenvalue weighted by Crippen LogP contribution is -2.37. The standard InChI is InChI=1S/C18H14BrF3N2O2S2/c19-14-7-6-13(27-14)16(25)24(9-10-3-2-8-26-10)17-23-15-11(18(20,21)22)4-1-5-12(15)28-17/h1,4-7,10H,2-3,8-9H2. The summed E-state index contributed by atoms with van der Waals surface area (Å²) in [4.78, 5) is 19.3. The largest absolute Gasteiger partial charge is 0.418 e. The molecule has 1 aliphatic heterocycles. The summed E-state index contributed by atoms with van der Waals surface area (Å²) in [6.07, 6.45) is -2.96. The van der Waals surface area contributed by atoms with Gasteiger partial charge in [-0.3, -0.25) is 9.69 Å². The Morgan fingerprint density at radius 3 is 2.75 bits per heavy atom. The molecule has 0 saturated carbocycles. The highest BCUT2D eigenvalue weighted by atomic mass is 79.9. The predicted octanol–water partition coefficient (Wildman–Crippen LogP) is 5.96. The summed E-state index contributed by atoms with van der Waals surface area (Å²) in [5, 5.41) is 0.247. The Bertz CT molecular complexity index is 1010. The van der Waals surface area contributed by atoms with Gasteiger partial charge in [-0.15, -0.1) is 11.3 Å². The number of nitrogens with zero attached hydrogens (tertiary/aromatic N) is 2. The van der Waals surface area contributed by atoms with Crippen LogP contribution in [-0.4, -0.2) is 30.1 Å². The van der Waals surface area contributed by atoms with E-state index in [1.54, 1.807) is 18.2 Å². The molecule has 0 radical (unpaired) electrons. The molecule has 2 aromatic heterocycles. The van der Waals surface area contributed by atoms with E-state index in [0.717, 1.165) is 34.0 Å². The molecule has 1 aliphatic rings. The van der Waals surface area contributed by atoms with Gasteiger partial charge < -0.3 is 4.74 Å². The fourth-order valence-electron chi connectivity index (χ4n) is 3.08. The number of aromatic nitrogens is 1. The summed E-state index contributed by atoms with van der Waals surface area (Å²) in [5.74, 6) is -0.293. The lowest BCUT2D eigenvalue weighted by Gasteiger charge is -2.22. The SMILES string of the molecule is O=C(c1ccc(Br)s1)N(CC1CCCO1)c1nc2c(C(F)(F)F)cccc2s1. The summed E-state index contributed by atoms with van der Waals surface area (Å²) < 4.78 is 46.9. The number of alkyl halides is 3. The van der Waals surface area contributed by atoms with Crippen LogP contribution in [0.1, 0.15) is 28.1 Å². The highest BCUT2D eigenvalue weighted by Crippen LogP contribution is 2.39. The number of thiazole rings is 1. The van der Waals surface area contributed by atoms with Crippen LogP contribution in [0.25, 0.3) is 10.2 Å². The Labute approximate surface area is 175 Å². The molecule has 0 spiro atoms. The Morgan fingerprint density at radius 1 is 1.29 bits per heavy atom. The van der Waals surface area contributed by atoms with Gasteiger partial charge in [-0.25, -0.2) is 4.98 Å². The number of amides is 1. The number of rotatable bonds is 4. The first-order valence-electron chi connectivity index (χ1n) is 8.48. The van der Waals surface area contributed by atoms with Gasteiger partial charge in [-0.2, -0.15) is 13.2 Å². The number of carbonyl (C=O) groups excluding carboxylic acids is 1. The number of anilines is 1. The minimum Gasteiger partial charge on any atom is -0.376 e. The number of hydrogen-bond acceptors (Lipinski definition) is 5. The van der Waals surface area contributed by atoms with E-state index in [2.05, 4.69) is 20.9 Å². The van der Waals surface area contributed by atoms with Crippen LogP contribution in [0.2, 0.25) is 0 Å². The highest BCUT2D eigenvalue weighted by Gasteiger charge is 2.35. The maximum absolute atomic E-state index is 13.3. The van der Waals surface area contributed by atoms with Crippen LogP contribution >= 0.6 is 38.6 Å². The number of halogens is 4. The number of carbonyl (C=O) groups is 1. The molecule has 4 nitrogen and oxygen atoms in total. The molecule has 3 heterocycles. The first-order valence-corrected chi connectivity index (χ1v) is 10.9. The molecule has 1 atom stereocenters. The van der Waals surface area contributed by atoms with E-state index in [0.29, 0.717) is 16.2 Å². The Hall–Kier alpha value is -1.49. The van der Waals surface area contributed by atoms with Crippen molar-refractivity contribution >= 4 is 59.9 Å². The van der Waals surface area contributed by atoms with E-state index in [-0.39, 0.29) is 29.2 Å². The molecule has 0 bridgehead atoms. The number of hydrogen-bond donors (Lipinski definition) is 0. The zero-order valence-electron chi connectivity index (χ0n) is 14.3. The van der Waals surface area contributed by atoms with Crippen LogP contribution in [0, 0.1) is 0 Å². The number of thiophene rings is 1. The van der Waals surface area contributed by atoms with Crippen LogP contribution in [-0.2, 0) is 10.9 Å². The number of fused-ring (bicyclic) bond motifs is 1. The molecule has 10 heteroatoms. The normalized spacial score (nSPS) is 17.4. The third kappa shape index (κ3) is 3.96. The molecule has 1 saturated heterocycles. The van der Waals surface area contributed by atoms with Gasteiger partial charge in [0.25, 0.3) is 5.91 Å². The zero-order chi connectivity index (χ0) is 19.9. The number of ether oxygens (including phenoxy) is 1. The van der Waals surface area contributed by atoms with Gasteiger partial charge in [0.15, 0.2) is 5.13 Å². The van der Waals surface area contributed by atoms with E-state index in [4.69, 9.17) is 4.74 Å². The van der Waals surface area contributed by atoms with Crippen molar-refractivity contribution in [2.24, 2.45) is 0 Å². The van der Waals surface area contributed by atoms with E-state index in [1.807, 2.05) is 0 Å². The van der Waals surface area contributed by atoms with Crippen LogP contribution in [0.4, 0.5) is 18.3 Å². The molecule has 1 aromatic carbocycles. The van der Waals surface area contributed by atoms with Crippen molar-refractivity contribution in [2.45, 2.75) is 25.1 Å². The lowest BCUT2D eigenvalue weighted by molar-refractivity contribution is -0.136. The van der Waals surface area contributed by atoms with Gasteiger partial charge in [0.05, 0.1) is 37.1 Å². The quantitative estimate of drug-likeness (QED) is 0.452. The molecule has 28 heavy (non-hydrogen) atoms. The summed E-state index contributed by atoms with van der Waals surface area (Å²) >= 11 is 5.69. The average Bonchev–Trinajstić information content (AvgIpc) is 3.37. The van der Waals surface area contributed by atoms with Gasteiger partial charge in [-0.05, 0) is 53.0 Å². The molecular formula is C18H14BrF3N2O2S2. The molecular weight excluding hydrogens is 477 g/mol. The van der Waals surface area contributed by atoms with E-state index < -0.39 is 11.7 Å². The Kier molecular flexibility index (Phi) is 5.47. The summed E-state index contributed by atoms with van der Waals surface area (Å²) in [6, 6.07) is 7.41. The van der Waals surface area contributed by atoms with Crippen molar-refractivity contribution in [3.05, 3.63) is 44.6 Å². The number of para-hydroxylation sites is 1. The molecule has 1 fully saturated rings. The first kappa shape index (κ1) is 19.8. The van der Waals surface area contributed by atoms with Crippen molar-refractivity contribution in [3.63, 3.8) is 0 Å². The third-order valence-electron chi connectivity index (χ3n) is 4.38. The Balaban J connectivity index is 1.76. The first-order chi connectivity index (χ1) is 13.3. The zero-order valence-corrected chi connectivity index (χ0v) is 17.6. The van der Waals surface area contributed by atoms with Gasteiger partial charge in [0.2, 0.25) is 0 Å². The highest BCUT2D eigenvalue weighted by molar-refractivity contribution is 9.11. The summed E-state index contributed by atoms with van der Waals surface area (Å²) in [6.45, 7) is 0.880. The van der Waals surface area contributed by atoms with Crippen molar-refractivity contribution in [1.29, 1.82) is 0 Å². The monoisotopic (exact) mass is 490 g/mol. The third-order valence-corrected chi connectivity index (χ3v) is 7.04. The van der Waals surface area contributed by atoms with E-state index in [1.165, 1.54) is 22.3 Å². The fourth-order valence-corrected chi connectivity index (χ4v) is 5.42. The predicted molar refractivity (Wildman–Crippen MR) is 107 cm³/mol. The van der Waals surface area contributed by atoms with Crippen LogP contribution < -0.4 is 4.90 Å². The van der Waals surface area contributed by atoms with Gasteiger partial charge in [0.1, 0.15) is 0 Å². The Morgan fingerprint density at radius 2 is 2.11 bits per heavy atom. The van der Waals surface area contributed by atoms with Crippen molar-refractivity contribution in [2.75, 3.05) is 18.1 Å². The van der Waals surface area contributed by atoms with Gasteiger partial charge in [-0.1, -0.05) is 17.4 Å². The average molecular weight is 491 g/mol. The van der Waals surface area contributed by atoms with Crippen LogP contribution in [0.3, 0.4) is 0 Å². The second kappa shape index (κ2) is 7.74. The molecule has 4 rings (SSSR count). The van der Waals surface area contributed by atoms with Crippen LogP contribution in [0.5, 0.6) is 0 Å². The van der Waals surface area contributed by atoms with Crippen molar-refractivity contribution in [1.82, 2.24) is 4.98 Å². The maximum Gasteiger partial charge on any atom is 0.418 e. The molecule has 1 unspecified atom stereocenters. The van der Waals surface area contributed by atoms with Gasteiger partial charge in [0, 0.05) is 6.61 Å².